The second-order valence-corrected chi connectivity index (χ2v) is 6.23. The first-order valence-corrected chi connectivity index (χ1v) is 6.68. The molecule has 0 saturated carbocycles. The van der Waals surface area contributed by atoms with Crippen molar-refractivity contribution >= 4 is 22.3 Å². The standard InChI is InChI=1S/C16H23N3/c1-11(16(2,3)4)19(5)14-9-8-13(17)12-7-6-10-18-15(12)14/h6-11H,17H2,1-5H3. The number of hydrogen-bond donors (Lipinski definition) is 1. The van der Waals surface area contributed by atoms with Gasteiger partial charge in [-0.25, -0.2) is 0 Å². The summed E-state index contributed by atoms with van der Waals surface area (Å²) in [7, 11) is 2.12. The van der Waals surface area contributed by atoms with E-state index in [0.29, 0.717) is 6.04 Å². The predicted molar refractivity (Wildman–Crippen MR) is 83.5 cm³/mol. The van der Waals surface area contributed by atoms with E-state index in [1.807, 2.05) is 24.4 Å². The molecule has 0 aliphatic heterocycles. The van der Waals surface area contributed by atoms with Gasteiger partial charge < -0.3 is 10.6 Å². The summed E-state index contributed by atoms with van der Waals surface area (Å²) in [5.41, 5.74) is 9.12. The number of nitrogens with zero attached hydrogens (tertiary/aromatic N) is 2. The zero-order valence-corrected chi connectivity index (χ0v) is 12.4. The Kier molecular flexibility index (Phi) is 3.40. The number of rotatable bonds is 2. The van der Waals surface area contributed by atoms with Crippen LogP contribution in [0.5, 0.6) is 0 Å². The number of benzene rings is 1. The van der Waals surface area contributed by atoms with Gasteiger partial charge in [0.2, 0.25) is 0 Å². The summed E-state index contributed by atoms with van der Waals surface area (Å²) >= 11 is 0. The fraction of sp³-hybridized carbons (Fsp3) is 0.438. The van der Waals surface area contributed by atoms with Crippen molar-refractivity contribution in [3.05, 3.63) is 30.5 Å². The minimum absolute atomic E-state index is 0.206. The minimum atomic E-state index is 0.206. The molecule has 2 rings (SSSR count). The molecule has 19 heavy (non-hydrogen) atoms. The van der Waals surface area contributed by atoms with Crippen LogP contribution in [0.3, 0.4) is 0 Å². The highest BCUT2D eigenvalue weighted by Gasteiger charge is 2.25. The minimum Gasteiger partial charge on any atom is -0.398 e. The van der Waals surface area contributed by atoms with Crippen molar-refractivity contribution in [2.24, 2.45) is 5.41 Å². The maximum absolute atomic E-state index is 6.03. The summed E-state index contributed by atoms with van der Waals surface area (Å²) in [6.45, 7) is 8.99. The van der Waals surface area contributed by atoms with E-state index < -0.39 is 0 Å². The van der Waals surface area contributed by atoms with Gasteiger partial charge in [0.05, 0.1) is 11.2 Å². The van der Waals surface area contributed by atoms with Crippen LogP contribution in [-0.4, -0.2) is 18.1 Å². The molecule has 1 heterocycles. The van der Waals surface area contributed by atoms with Crippen LogP contribution in [-0.2, 0) is 0 Å². The summed E-state index contributed by atoms with van der Waals surface area (Å²) in [5, 5.41) is 1.02. The van der Waals surface area contributed by atoms with Crippen LogP contribution in [0.1, 0.15) is 27.7 Å². The Morgan fingerprint density at radius 3 is 2.53 bits per heavy atom. The van der Waals surface area contributed by atoms with Crippen molar-refractivity contribution in [3.8, 4) is 0 Å². The molecule has 0 aliphatic carbocycles. The van der Waals surface area contributed by atoms with Gasteiger partial charge in [0.1, 0.15) is 0 Å². The van der Waals surface area contributed by atoms with Gasteiger partial charge >= 0.3 is 0 Å². The van der Waals surface area contributed by atoms with Gasteiger partial charge in [0.25, 0.3) is 0 Å². The number of pyridine rings is 1. The summed E-state index contributed by atoms with van der Waals surface area (Å²) < 4.78 is 0. The maximum atomic E-state index is 6.03. The predicted octanol–water partition coefficient (Wildman–Crippen LogP) is 3.69. The Labute approximate surface area is 115 Å². The number of anilines is 2. The molecule has 3 nitrogen and oxygen atoms in total. The van der Waals surface area contributed by atoms with Gasteiger partial charge in [-0.3, -0.25) is 4.98 Å². The molecule has 1 atom stereocenters. The molecule has 0 radical (unpaired) electrons. The summed E-state index contributed by atoms with van der Waals surface area (Å²) in [5.74, 6) is 0. The number of nitrogen functional groups attached to an aromatic ring is 1. The van der Waals surface area contributed by atoms with E-state index in [2.05, 4.69) is 50.7 Å². The molecule has 102 valence electrons. The first-order chi connectivity index (χ1) is 8.82. The van der Waals surface area contributed by atoms with E-state index in [-0.39, 0.29) is 5.41 Å². The number of nitrogens with two attached hydrogens (primary N) is 1. The highest BCUT2D eigenvalue weighted by atomic mass is 15.1. The summed E-state index contributed by atoms with van der Waals surface area (Å²) in [4.78, 5) is 6.79. The van der Waals surface area contributed by atoms with E-state index in [0.717, 1.165) is 22.3 Å². The maximum Gasteiger partial charge on any atom is 0.0955 e. The third kappa shape index (κ3) is 2.50. The normalized spacial score (nSPS) is 13.5. The Bertz CT molecular complexity index is 584. The second-order valence-electron chi connectivity index (χ2n) is 6.23. The van der Waals surface area contributed by atoms with Crippen molar-refractivity contribution in [3.63, 3.8) is 0 Å². The molecule has 0 aliphatic rings. The smallest absolute Gasteiger partial charge is 0.0955 e. The van der Waals surface area contributed by atoms with Gasteiger partial charge in [0.15, 0.2) is 0 Å². The largest absolute Gasteiger partial charge is 0.398 e. The summed E-state index contributed by atoms with van der Waals surface area (Å²) in [6, 6.07) is 8.38. The SMILES string of the molecule is CC(N(C)c1ccc(N)c2cccnc12)C(C)(C)C. The Hall–Kier alpha value is -1.77. The molecule has 1 aromatic carbocycles. The Morgan fingerprint density at radius 1 is 1.21 bits per heavy atom. The fourth-order valence-electron chi connectivity index (χ4n) is 2.25. The average molecular weight is 257 g/mol. The van der Waals surface area contributed by atoms with Crippen LogP contribution in [0.2, 0.25) is 0 Å². The van der Waals surface area contributed by atoms with Gasteiger partial charge in [-0.1, -0.05) is 20.8 Å². The van der Waals surface area contributed by atoms with E-state index >= 15 is 0 Å². The van der Waals surface area contributed by atoms with E-state index in [4.69, 9.17) is 5.73 Å². The molecule has 0 amide bonds. The van der Waals surface area contributed by atoms with Gasteiger partial charge in [-0.2, -0.15) is 0 Å². The average Bonchev–Trinajstić information content (AvgIpc) is 2.37. The van der Waals surface area contributed by atoms with Gasteiger partial charge in [-0.15, -0.1) is 0 Å². The fourth-order valence-corrected chi connectivity index (χ4v) is 2.25. The lowest BCUT2D eigenvalue weighted by Gasteiger charge is -2.37. The number of fused-ring (bicyclic) bond motifs is 1. The van der Waals surface area contributed by atoms with Crippen LogP contribution in [0.25, 0.3) is 10.9 Å². The molecule has 2 N–H and O–H groups in total. The van der Waals surface area contributed by atoms with Crippen molar-refractivity contribution < 1.29 is 0 Å². The zero-order valence-electron chi connectivity index (χ0n) is 12.4. The van der Waals surface area contributed by atoms with Crippen LogP contribution >= 0.6 is 0 Å². The van der Waals surface area contributed by atoms with E-state index in [1.165, 1.54) is 0 Å². The lowest BCUT2D eigenvalue weighted by molar-refractivity contribution is 0.330. The monoisotopic (exact) mass is 257 g/mol. The highest BCUT2D eigenvalue weighted by molar-refractivity contribution is 5.98. The second kappa shape index (κ2) is 4.72. The van der Waals surface area contributed by atoms with Crippen molar-refractivity contribution in [2.75, 3.05) is 17.7 Å². The van der Waals surface area contributed by atoms with Crippen molar-refractivity contribution in [1.29, 1.82) is 0 Å². The molecular weight excluding hydrogens is 234 g/mol. The Balaban J connectivity index is 2.55. The van der Waals surface area contributed by atoms with Crippen LogP contribution in [0.15, 0.2) is 30.5 Å². The first kappa shape index (κ1) is 13.7. The van der Waals surface area contributed by atoms with Crippen LogP contribution < -0.4 is 10.6 Å². The lowest BCUT2D eigenvalue weighted by atomic mass is 9.87. The first-order valence-electron chi connectivity index (χ1n) is 6.68. The van der Waals surface area contributed by atoms with Crippen LogP contribution in [0, 0.1) is 5.41 Å². The van der Waals surface area contributed by atoms with Gasteiger partial charge in [0, 0.05) is 30.4 Å². The van der Waals surface area contributed by atoms with Crippen LogP contribution in [0.4, 0.5) is 11.4 Å². The number of hydrogen-bond acceptors (Lipinski definition) is 3. The summed E-state index contributed by atoms with van der Waals surface area (Å²) in [6.07, 6.45) is 1.82. The molecule has 0 bridgehead atoms. The molecule has 3 heteroatoms. The third-order valence-electron chi connectivity index (χ3n) is 4.00. The topological polar surface area (TPSA) is 42.1 Å². The van der Waals surface area contributed by atoms with Gasteiger partial charge in [-0.05, 0) is 36.6 Å². The number of aromatic nitrogens is 1. The molecule has 2 aromatic rings. The molecule has 1 aromatic heterocycles. The zero-order chi connectivity index (χ0) is 14.2. The molecule has 0 spiro atoms. The lowest BCUT2D eigenvalue weighted by Crippen LogP contribution is -2.39. The molecule has 0 saturated heterocycles. The van der Waals surface area contributed by atoms with E-state index in [1.54, 1.807) is 0 Å². The quantitative estimate of drug-likeness (QED) is 0.834. The molecule has 1 unspecified atom stereocenters. The Morgan fingerprint density at radius 2 is 1.89 bits per heavy atom. The van der Waals surface area contributed by atoms with E-state index in [9.17, 15) is 0 Å². The third-order valence-corrected chi connectivity index (χ3v) is 4.00. The molecular formula is C16H23N3. The molecule has 0 fully saturated rings. The van der Waals surface area contributed by atoms with Crippen molar-refractivity contribution in [1.82, 2.24) is 4.98 Å². The van der Waals surface area contributed by atoms with Crippen molar-refractivity contribution in [2.45, 2.75) is 33.7 Å². The highest BCUT2D eigenvalue weighted by Crippen LogP contribution is 2.33.